The molecule has 0 aliphatic rings. The van der Waals surface area contributed by atoms with Crippen LogP contribution in [-0.2, 0) is 33.1 Å². The molecule has 0 amide bonds. The second-order valence-corrected chi connectivity index (χ2v) is 5.69. The van der Waals surface area contributed by atoms with Crippen LogP contribution in [0.2, 0.25) is 0 Å². The van der Waals surface area contributed by atoms with E-state index in [0.29, 0.717) is 0 Å². The van der Waals surface area contributed by atoms with Crippen molar-refractivity contribution in [1.82, 2.24) is 0 Å². The number of hydrogen-bond donors (Lipinski definition) is 2. The minimum atomic E-state index is -5.15. The van der Waals surface area contributed by atoms with E-state index in [1.807, 2.05) is 0 Å². The van der Waals surface area contributed by atoms with E-state index >= 15 is 0 Å². The van der Waals surface area contributed by atoms with Gasteiger partial charge in [0.15, 0.2) is 0 Å². The Hall–Kier alpha value is -0.990. The van der Waals surface area contributed by atoms with Crippen LogP contribution in [0.4, 0.5) is 0 Å². The first-order chi connectivity index (χ1) is 10.2. The second kappa shape index (κ2) is 9.22. The molecule has 22 heavy (non-hydrogen) atoms. The third-order valence-electron chi connectivity index (χ3n) is 2.48. The van der Waals surface area contributed by atoms with E-state index in [-0.39, 0.29) is 26.4 Å². The van der Waals surface area contributed by atoms with Gasteiger partial charge in [-0.15, -0.1) is 0 Å². The highest BCUT2D eigenvalue weighted by Crippen LogP contribution is 2.49. The van der Waals surface area contributed by atoms with Gasteiger partial charge in [0.05, 0.1) is 13.2 Å². The molecule has 130 valence electrons. The lowest BCUT2D eigenvalue weighted by atomic mass is 10.1. The van der Waals surface area contributed by atoms with Gasteiger partial charge in [-0.1, -0.05) is 0 Å². The normalized spacial score (nSPS) is 13.5. The Balaban J connectivity index is 6.07. The maximum Gasteiger partial charge on any atom is 0.368 e. The Bertz CT molecular complexity index is 411. The summed E-state index contributed by atoms with van der Waals surface area (Å²) >= 11 is 0. The van der Waals surface area contributed by atoms with Gasteiger partial charge < -0.3 is 28.7 Å². The molecule has 0 aromatic carbocycles. The molecular formula is C12H23O9P. The predicted octanol–water partition coefficient (Wildman–Crippen LogP) is 0.428. The smallest absolute Gasteiger partial charge is 0.368 e. The van der Waals surface area contributed by atoms with Crippen molar-refractivity contribution in [3.63, 3.8) is 0 Å². The minimum absolute atomic E-state index is 0.0859. The monoisotopic (exact) mass is 342 g/mol. The van der Waals surface area contributed by atoms with E-state index in [2.05, 4.69) is 4.74 Å². The summed E-state index contributed by atoms with van der Waals surface area (Å²) in [6.07, 6.45) is 0. The fraction of sp³-hybridized carbons (Fsp3) is 0.833. The number of rotatable bonds is 10. The molecule has 10 heteroatoms. The molecule has 0 aliphatic heterocycles. The van der Waals surface area contributed by atoms with Crippen LogP contribution < -0.4 is 0 Å². The molecule has 0 spiro atoms. The van der Waals surface area contributed by atoms with Gasteiger partial charge in [-0.3, -0.25) is 9.36 Å². The van der Waals surface area contributed by atoms with Crippen LogP contribution in [0.1, 0.15) is 27.7 Å². The highest BCUT2D eigenvalue weighted by Gasteiger charge is 2.62. The van der Waals surface area contributed by atoms with Gasteiger partial charge in [0.25, 0.3) is 5.79 Å². The zero-order chi connectivity index (χ0) is 17.4. The predicted molar refractivity (Wildman–Crippen MR) is 75.1 cm³/mol. The van der Waals surface area contributed by atoms with Crippen molar-refractivity contribution in [2.24, 2.45) is 0 Å². The molecule has 1 atom stereocenters. The molecule has 0 radical (unpaired) electrons. The maximum absolute atomic E-state index is 12.2. The SMILES string of the molecule is CCOC(=O)C(C(OCC)(OCC)C(=O)OCC)P(=O)(O)O. The largest absolute Gasteiger partial charge is 0.465 e. The summed E-state index contributed by atoms with van der Waals surface area (Å²) in [7, 11) is -5.15. The maximum atomic E-state index is 12.2. The molecule has 9 nitrogen and oxygen atoms in total. The van der Waals surface area contributed by atoms with Crippen LogP contribution in [0.5, 0.6) is 0 Å². The van der Waals surface area contributed by atoms with Crippen molar-refractivity contribution >= 4 is 19.5 Å². The first-order valence-corrected chi connectivity index (χ1v) is 8.56. The third kappa shape index (κ3) is 5.03. The van der Waals surface area contributed by atoms with Crippen molar-refractivity contribution in [3.05, 3.63) is 0 Å². The zero-order valence-corrected chi connectivity index (χ0v) is 14.0. The molecule has 2 N–H and O–H groups in total. The summed E-state index contributed by atoms with van der Waals surface area (Å²) in [5, 5.41) is 0. The first-order valence-electron chi connectivity index (χ1n) is 6.88. The number of carbonyl (C=O) groups is 2. The van der Waals surface area contributed by atoms with Crippen molar-refractivity contribution in [3.8, 4) is 0 Å². The number of hydrogen-bond acceptors (Lipinski definition) is 7. The Kier molecular flexibility index (Phi) is 8.80. The van der Waals surface area contributed by atoms with E-state index in [1.165, 1.54) is 27.7 Å². The van der Waals surface area contributed by atoms with Crippen LogP contribution in [0.25, 0.3) is 0 Å². The molecule has 0 bridgehead atoms. The highest BCUT2D eigenvalue weighted by molar-refractivity contribution is 7.53. The van der Waals surface area contributed by atoms with Gasteiger partial charge >= 0.3 is 19.5 Å². The van der Waals surface area contributed by atoms with Crippen molar-refractivity contribution in [2.75, 3.05) is 26.4 Å². The summed E-state index contributed by atoms with van der Waals surface area (Å²) in [4.78, 5) is 43.3. The fourth-order valence-electron chi connectivity index (χ4n) is 1.82. The van der Waals surface area contributed by atoms with Crippen LogP contribution in [-0.4, -0.2) is 59.6 Å². The number of esters is 2. The highest BCUT2D eigenvalue weighted by atomic mass is 31.2. The summed E-state index contributed by atoms with van der Waals surface area (Å²) in [6.45, 7) is 5.41. The van der Waals surface area contributed by atoms with Gasteiger partial charge in [0.2, 0.25) is 5.66 Å². The van der Waals surface area contributed by atoms with Crippen LogP contribution in [0, 0.1) is 0 Å². The summed E-state index contributed by atoms with van der Waals surface area (Å²) < 4.78 is 31.5. The minimum Gasteiger partial charge on any atom is -0.465 e. The van der Waals surface area contributed by atoms with Crippen LogP contribution in [0.15, 0.2) is 0 Å². The molecule has 0 saturated carbocycles. The summed E-state index contributed by atoms with van der Waals surface area (Å²) in [6, 6.07) is 0. The third-order valence-corrected chi connectivity index (χ3v) is 3.71. The van der Waals surface area contributed by atoms with Crippen LogP contribution >= 0.6 is 7.60 Å². The molecule has 0 aromatic heterocycles. The first kappa shape index (κ1) is 21.0. The number of carbonyl (C=O) groups excluding carboxylic acids is 2. The van der Waals surface area contributed by atoms with Gasteiger partial charge in [-0.05, 0) is 27.7 Å². The zero-order valence-electron chi connectivity index (χ0n) is 13.1. The molecule has 0 heterocycles. The van der Waals surface area contributed by atoms with Crippen molar-refractivity contribution in [2.45, 2.75) is 39.1 Å². The van der Waals surface area contributed by atoms with E-state index in [0.717, 1.165) is 0 Å². The standard InChI is InChI=1S/C12H23O9P/c1-5-18-10(13)9(22(15,16)17)12(20-7-3,21-8-4)11(14)19-6-2/h9H,5-8H2,1-4H3,(H2,15,16,17). The fourth-order valence-corrected chi connectivity index (χ4v) is 2.87. The van der Waals surface area contributed by atoms with E-state index in [1.54, 1.807) is 0 Å². The lowest BCUT2D eigenvalue weighted by molar-refractivity contribution is -0.248. The number of ether oxygens (including phenoxy) is 4. The summed E-state index contributed by atoms with van der Waals surface area (Å²) in [5.41, 5.74) is -2.28. The quantitative estimate of drug-likeness (QED) is 0.330. The Morgan fingerprint density at radius 1 is 0.955 bits per heavy atom. The van der Waals surface area contributed by atoms with E-state index in [9.17, 15) is 23.9 Å². The van der Waals surface area contributed by atoms with Gasteiger partial charge in [-0.2, -0.15) is 0 Å². The average Bonchev–Trinajstić information content (AvgIpc) is 2.38. The van der Waals surface area contributed by atoms with Gasteiger partial charge in [0, 0.05) is 13.2 Å². The molecule has 0 aliphatic carbocycles. The molecule has 0 fully saturated rings. The Morgan fingerprint density at radius 3 is 1.73 bits per heavy atom. The molecule has 0 saturated heterocycles. The second-order valence-electron chi connectivity index (χ2n) is 4.00. The van der Waals surface area contributed by atoms with E-state index in [4.69, 9.17) is 14.2 Å². The Labute approximate surface area is 129 Å². The van der Waals surface area contributed by atoms with Gasteiger partial charge in [-0.25, -0.2) is 4.79 Å². The van der Waals surface area contributed by atoms with Crippen molar-refractivity contribution < 1.29 is 42.9 Å². The molecule has 1 unspecified atom stereocenters. The topological polar surface area (TPSA) is 129 Å². The van der Waals surface area contributed by atoms with Crippen LogP contribution in [0.3, 0.4) is 0 Å². The molecule has 0 aromatic rings. The summed E-state index contributed by atoms with van der Waals surface area (Å²) in [5.74, 6) is -5.06. The lowest BCUT2D eigenvalue weighted by Crippen LogP contribution is -2.58. The lowest BCUT2D eigenvalue weighted by Gasteiger charge is -2.35. The Morgan fingerprint density at radius 2 is 1.41 bits per heavy atom. The molecular weight excluding hydrogens is 319 g/mol. The van der Waals surface area contributed by atoms with E-state index < -0.39 is 31.0 Å². The van der Waals surface area contributed by atoms with Crippen molar-refractivity contribution in [1.29, 1.82) is 0 Å². The molecule has 0 rings (SSSR count). The van der Waals surface area contributed by atoms with Gasteiger partial charge in [0.1, 0.15) is 0 Å². The average molecular weight is 342 g/mol.